The largest absolute Gasteiger partial charge is 0.388 e. The summed E-state index contributed by atoms with van der Waals surface area (Å²) in [5, 5.41) is 28.4. The minimum absolute atomic E-state index is 0.0448. The van der Waals surface area contributed by atoms with Crippen LogP contribution in [-0.4, -0.2) is 75.8 Å². The molecule has 2 atom stereocenters. The average molecular weight is 514 g/mol. The van der Waals surface area contributed by atoms with E-state index in [2.05, 4.69) is 26.2 Å². The first kappa shape index (κ1) is 24.4. The van der Waals surface area contributed by atoms with Crippen molar-refractivity contribution in [1.82, 2.24) is 34.4 Å². The molecule has 196 valence electrons. The number of aryl methyl sites for hydroxylation is 1. The molecule has 1 saturated carbocycles. The van der Waals surface area contributed by atoms with Crippen LogP contribution in [0.3, 0.4) is 0 Å². The van der Waals surface area contributed by atoms with Crippen LogP contribution in [0.15, 0.2) is 61.4 Å². The Kier molecular flexibility index (Phi) is 6.50. The maximum absolute atomic E-state index is 12.8. The third kappa shape index (κ3) is 4.84. The van der Waals surface area contributed by atoms with Crippen molar-refractivity contribution in [1.29, 1.82) is 0 Å². The van der Waals surface area contributed by atoms with Gasteiger partial charge >= 0.3 is 0 Å². The smallest absolute Gasteiger partial charge is 0.225 e. The van der Waals surface area contributed by atoms with Crippen LogP contribution < -0.4 is 0 Å². The molecular formula is C28H31N7O3. The lowest BCUT2D eigenvalue weighted by molar-refractivity contribution is -0.136. The zero-order valence-corrected chi connectivity index (χ0v) is 21.3. The lowest BCUT2D eigenvalue weighted by atomic mass is 9.85. The van der Waals surface area contributed by atoms with Crippen molar-refractivity contribution >= 4 is 5.91 Å². The van der Waals surface area contributed by atoms with Gasteiger partial charge in [-0.2, -0.15) is 10.2 Å². The van der Waals surface area contributed by atoms with Crippen molar-refractivity contribution < 1.29 is 15.0 Å². The van der Waals surface area contributed by atoms with E-state index in [9.17, 15) is 15.0 Å². The fraction of sp³-hybridized carbons (Fsp3) is 0.393. The van der Waals surface area contributed by atoms with Crippen molar-refractivity contribution in [3.8, 4) is 33.6 Å². The zero-order chi connectivity index (χ0) is 26.2. The Balaban J connectivity index is 1.09. The van der Waals surface area contributed by atoms with Gasteiger partial charge in [0.05, 0.1) is 30.6 Å². The predicted octanol–water partition coefficient (Wildman–Crippen LogP) is 2.70. The Labute approximate surface area is 220 Å². The number of amides is 1. The van der Waals surface area contributed by atoms with Crippen molar-refractivity contribution in [2.75, 3.05) is 13.1 Å². The Morgan fingerprint density at radius 1 is 0.816 bits per heavy atom. The van der Waals surface area contributed by atoms with Gasteiger partial charge in [-0.05, 0) is 37.3 Å². The zero-order valence-electron chi connectivity index (χ0n) is 21.3. The van der Waals surface area contributed by atoms with E-state index in [1.54, 1.807) is 9.58 Å². The molecule has 4 heterocycles. The van der Waals surface area contributed by atoms with Crippen LogP contribution in [-0.2, 0) is 11.8 Å². The highest BCUT2D eigenvalue weighted by Crippen LogP contribution is 2.34. The molecule has 38 heavy (non-hydrogen) atoms. The summed E-state index contributed by atoms with van der Waals surface area (Å²) in [5.74, 6) is 0.646. The van der Waals surface area contributed by atoms with E-state index in [1.807, 2.05) is 67.1 Å². The quantitative estimate of drug-likeness (QED) is 0.421. The normalized spacial score (nSPS) is 23.6. The number of likely N-dealkylation sites (tertiary alicyclic amines) is 1. The molecule has 10 nitrogen and oxygen atoms in total. The van der Waals surface area contributed by atoms with E-state index in [4.69, 9.17) is 0 Å². The van der Waals surface area contributed by atoms with Gasteiger partial charge in [-0.3, -0.25) is 14.2 Å². The molecule has 0 unspecified atom stereocenters. The first-order chi connectivity index (χ1) is 18.4. The molecule has 1 aliphatic carbocycles. The van der Waals surface area contributed by atoms with Gasteiger partial charge in [0.2, 0.25) is 5.91 Å². The van der Waals surface area contributed by atoms with Crippen LogP contribution in [0.2, 0.25) is 0 Å². The summed E-state index contributed by atoms with van der Waals surface area (Å²) in [5.41, 5.74) is 4.91. The molecule has 10 heteroatoms. The minimum atomic E-state index is -0.840. The number of β-amino-alcohol motifs (C(OH)–C–C–N with tert-alkyl or cyclic N) is 2. The number of aliphatic hydroxyl groups excluding tert-OH is 2. The number of rotatable bonds is 5. The minimum Gasteiger partial charge on any atom is -0.388 e. The molecule has 2 aliphatic rings. The summed E-state index contributed by atoms with van der Waals surface area (Å²) < 4.78 is 3.77. The molecule has 6 rings (SSSR count). The number of carbonyl (C=O) groups excluding carboxylic acids is 1. The lowest BCUT2D eigenvalue weighted by Crippen LogP contribution is -2.37. The van der Waals surface area contributed by atoms with Crippen molar-refractivity contribution in [3.05, 3.63) is 61.4 Å². The van der Waals surface area contributed by atoms with Crippen LogP contribution in [0, 0.1) is 5.92 Å². The molecule has 2 fully saturated rings. The van der Waals surface area contributed by atoms with Gasteiger partial charge in [-0.25, -0.2) is 9.97 Å². The van der Waals surface area contributed by atoms with Crippen molar-refractivity contribution in [3.63, 3.8) is 0 Å². The van der Waals surface area contributed by atoms with Gasteiger partial charge in [-0.15, -0.1) is 0 Å². The first-order valence-corrected chi connectivity index (χ1v) is 13.1. The first-order valence-electron chi connectivity index (χ1n) is 13.1. The van der Waals surface area contributed by atoms with Crippen molar-refractivity contribution in [2.45, 2.75) is 43.9 Å². The average Bonchev–Trinajstić information content (AvgIpc) is 3.69. The SMILES string of the molecule is Cn1cc(-c2cccc(-c3ncc(-c4cnn(C5CCC(C(=O)N6C[C@H](O)[C@@H](O)C6)CC5)c4)cn3)c2)cn1. The second-order valence-corrected chi connectivity index (χ2v) is 10.4. The van der Waals surface area contributed by atoms with Crippen LogP contribution in [0.25, 0.3) is 33.6 Å². The molecule has 0 spiro atoms. The number of aromatic nitrogens is 6. The Bertz CT molecular complexity index is 1410. The maximum atomic E-state index is 12.8. The van der Waals surface area contributed by atoms with Crippen molar-refractivity contribution in [2.24, 2.45) is 13.0 Å². The van der Waals surface area contributed by atoms with E-state index in [0.29, 0.717) is 5.82 Å². The highest BCUT2D eigenvalue weighted by atomic mass is 16.3. The second-order valence-electron chi connectivity index (χ2n) is 10.4. The monoisotopic (exact) mass is 513 g/mol. The third-order valence-corrected chi connectivity index (χ3v) is 7.74. The lowest BCUT2D eigenvalue weighted by Gasteiger charge is -2.30. The molecule has 0 radical (unpaired) electrons. The summed E-state index contributed by atoms with van der Waals surface area (Å²) in [6.07, 6.45) is 12.9. The Morgan fingerprint density at radius 2 is 1.47 bits per heavy atom. The van der Waals surface area contributed by atoms with Crippen LogP contribution in [0.4, 0.5) is 0 Å². The van der Waals surface area contributed by atoms with E-state index in [1.165, 1.54) is 0 Å². The standard InChI is InChI=1S/C28H31N7O3/c1-33-14-22(12-31-33)19-3-2-4-20(9-19)27-29-10-21(11-30-27)23-13-32-35(15-23)24-7-5-18(6-8-24)28(38)34-16-25(36)26(37)17-34/h2-4,9-15,18,24-26,36-37H,5-8,16-17H2,1H3/t18?,24?,25-,26-/m0/s1. The molecule has 3 aromatic heterocycles. The molecule has 1 aliphatic heterocycles. The van der Waals surface area contributed by atoms with Crippen LogP contribution in [0.5, 0.6) is 0 Å². The second kappa shape index (κ2) is 10.1. The summed E-state index contributed by atoms with van der Waals surface area (Å²) in [7, 11) is 1.90. The summed E-state index contributed by atoms with van der Waals surface area (Å²) in [4.78, 5) is 23.6. The molecule has 2 N–H and O–H groups in total. The van der Waals surface area contributed by atoms with Gasteiger partial charge in [-0.1, -0.05) is 18.2 Å². The van der Waals surface area contributed by atoms with E-state index in [0.717, 1.165) is 53.5 Å². The predicted molar refractivity (Wildman–Crippen MR) is 140 cm³/mol. The third-order valence-electron chi connectivity index (χ3n) is 7.74. The molecule has 1 aromatic carbocycles. The summed E-state index contributed by atoms with van der Waals surface area (Å²) in [6, 6.07) is 8.35. The fourth-order valence-electron chi connectivity index (χ4n) is 5.52. The van der Waals surface area contributed by atoms with E-state index in [-0.39, 0.29) is 31.0 Å². The van der Waals surface area contributed by atoms with Gasteiger partial charge in [0.1, 0.15) is 0 Å². The fourth-order valence-corrected chi connectivity index (χ4v) is 5.52. The maximum Gasteiger partial charge on any atom is 0.225 e. The van der Waals surface area contributed by atoms with E-state index >= 15 is 0 Å². The topological polar surface area (TPSA) is 122 Å². The van der Waals surface area contributed by atoms with Crippen LogP contribution >= 0.6 is 0 Å². The number of carbonyl (C=O) groups is 1. The Hall–Kier alpha value is -3.89. The van der Waals surface area contributed by atoms with Gasteiger partial charge in [0.15, 0.2) is 5.82 Å². The van der Waals surface area contributed by atoms with E-state index < -0.39 is 12.2 Å². The highest BCUT2D eigenvalue weighted by Gasteiger charge is 2.37. The molecule has 1 amide bonds. The Morgan fingerprint density at radius 3 is 2.16 bits per heavy atom. The van der Waals surface area contributed by atoms with Gasteiger partial charge in [0, 0.05) is 73.1 Å². The molecule has 4 aromatic rings. The molecule has 1 saturated heterocycles. The number of benzene rings is 1. The number of hydrogen-bond donors (Lipinski definition) is 2. The molecular weight excluding hydrogens is 482 g/mol. The van der Waals surface area contributed by atoms with Gasteiger partial charge < -0.3 is 15.1 Å². The summed E-state index contributed by atoms with van der Waals surface area (Å²) >= 11 is 0. The van der Waals surface area contributed by atoms with Crippen LogP contribution in [0.1, 0.15) is 31.7 Å². The van der Waals surface area contributed by atoms with Gasteiger partial charge in [0.25, 0.3) is 0 Å². The summed E-state index contributed by atoms with van der Waals surface area (Å²) in [6.45, 7) is 0.443. The highest BCUT2D eigenvalue weighted by molar-refractivity contribution is 5.79. The molecule has 0 bridgehead atoms. The number of aliphatic hydroxyl groups is 2. The number of nitrogens with zero attached hydrogens (tertiary/aromatic N) is 7. The number of hydrogen-bond acceptors (Lipinski definition) is 7.